The van der Waals surface area contributed by atoms with Gasteiger partial charge < -0.3 is 19.1 Å². The lowest BCUT2D eigenvalue weighted by molar-refractivity contribution is -0.149. The van der Waals surface area contributed by atoms with Gasteiger partial charge in [-0.3, -0.25) is 23.7 Å². The van der Waals surface area contributed by atoms with Gasteiger partial charge in [0.05, 0.1) is 12.7 Å². The Balaban J connectivity index is 1.61. The van der Waals surface area contributed by atoms with Gasteiger partial charge in [0.25, 0.3) is 5.56 Å². The van der Waals surface area contributed by atoms with E-state index in [1.54, 1.807) is 38.1 Å². The number of hydrogen-bond donors (Lipinski definition) is 3. The van der Waals surface area contributed by atoms with Gasteiger partial charge >= 0.3 is 19.4 Å². The molecular weight excluding hydrogens is 577 g/mol. The summed E-state index contributed by atoms with van der Waals surface area (Å²) in [5.41, 5.74) is -1.12. The number of fused-ring (bicyclic) bond motifs is 1. The van der Waals surface area contributed by atoms with Crippen LogP contribution in [-0.4, -0.2) is 56.5 Å². The number of esters is 1. The van der Waals surface area contributed by atoms with Crippen LogP contribution in [0.3, 0.4) is 0 Å². The van der Waals surface area contributed by atoms with Crippen molar-refractivity contribution in [3.63, 3.8) is 0 Å². The molecule has 0 radical (unpaired) electrons. The van der Waals surface area contributed by atoms with E-state index in [2.05, 4.69) is 10.1 Å². The second-order valence-electron chi connectivity index (χ2n) is 10.3. The van der Waals surface area contributed by atoms with Gasteiger partial charge in [-0.15, -0.1) is 11.6 Å². The van der Waals surface area contributed by atoms with Gasteiger partial charge in [0.2, 0.25) is 0 Å². The molecule has 2 aromatic carbocycles. The molecule has 4 rings (SSSR count). The minimum atomic E-state index is -4.34. The Morgan fingerprint density at radius 2 is 1.90 bits per heavy atom. The fourth-order valence-corrected chi connectivity index (χ4v) is 6.22. The van der Waals surface area contributed by atoms with Crippen LogP contribution in [0.15, 0.2) is 58.3 Å². The minimum Gasteiger partial charge on any atom is -0.462 e. The number of aliphatic hydroxyl groups is 1. The molecule has 41 heavy (non-hydrogen) atoms. The zero-order chi connectivity index (χ0) is 30.1. The van der Waals surface area contributed by atoms with Gasteiger partial charge in [-0.1, -0.05) is 36.4 Å². The number of aryl methyl sites for hydroxylation is 1. The van der Waals surface area contributed by atoms with Crippen molar-refractivity contribution in [3.05, 3.63) is 75.1 Å². The van der Waals surface area contributed by atoms with Crippen molar-refractivity contribution in [3.8, 4) is 5.75 Å². The van der Waals surface area contributed by atoms with Crippen molar-refractivity contribution >= 4 is 36.1 Å². The van der Waals surface area contributed by atoms with Crippen LogP contribution in [0.25, 0.3) is 10.8 Å². The highest BCUT2D eigenvalue weighted by Crippen LogP contribution is 2.49. The van der Waals surface area contributed by atoms with Gasteiger partial charge in [0.15, 0.2) is 6.23 Å². The van der Waals surface area contributed by atoms with E-state index in [9.17, 15) is 24.1 Å². The molecule has 1 fully saturated rings. The van der Waals surface area contributed by atoms with Crippen LogP contribution in [0.5, 0.6) is 5.75 Å². The Labute approximate surface area is 241 Å². The topological polar surface area (TPSA) is 158 Å². The van der Waals surface area contributed by atoms with Crippen molar-refractivity contribution in [2.45, 2.75) is 70.1 Å². The fourth-order valence-electron chi connectivity index (χ4n) is 4.40. The Kier molecular flexibility index (Phi) is 9.13. The Morgan fingerprint density at radius 3 is 2.61 bits per heavy atom. The first kappa shape index (κ1) is 31.0. The van der Waals surface area contributed by atoms with E-state index in [4.69, 9.17) is 30.1 Å². The maximum Gasteiger partial charge on any atom is 0.459 e. The first-order valence-electron chi connectivity index (χ1n) is 13.0. The lowest BCUT2D eigenvalue weighted by Crippen LogP contribution is -2.43. The second kappa shape index (κ2) is 12.1. The highest BCUT2D eigenvalue weighted by atomic mass is 35.5. The van der Waals surface area contributed by atoms with E-state index in [1.165, 1.54) is 27.0 Å². The normalized spacial score (nSPS) is 24.7. The summed E-state index contributed by atoms with van der Waals surface area (Å²) < 4.78 is 37.9. The van der Waals surface area contributed by atoms with Crippen molar-refractivity contribution in [2.75, 3.05) is 6.61 Å². The number of H-pyrrole nitrogens is 1. The van der Waals surface area contributed by atoms with Crippen LogP contribution in [0, 0.1) is 6.92 Å². The number of benzene rings is 2. The molecule has 0 amide bonds. The molecule has 14 heteroatoms. The molecule has 222 valence electrons. The third-order valence-corrected chi connectivity index (χ3v) is 8.59. The Bertz CT molecular complexity index is 1580. The smallest absolute Gasteiger partial charge is 0.459 e. The zero-order valence-corrected chi connectivity index (χ0v) is 24.8. The standard InChI is InChI=1S/C27H33ClN3O9P/c1-15(2)38-24(34)17(4)30-41(36,40-20-12-8-10-18-9-6-7-11-19(18)20)37-14-21-22(32)27(5,28)25(39-21)31-13-16(3)23(33)29-26(31)35/h6-13,15,17,21-22,25,32H,14H2,1-5H3,(H,30,36)(H,29,33,35)/t17-,21-,22-,25-,27-,41?/m1/s1. The van der Waals surface area contributed by atoms with Gasteiger partial charge in [-0.05, 0) is 46.1 Å². The molecule has 1 saturated heterocycles. The third kappa shape index (κ3) is 6.74. The molecule has 1 aromatic heterocycles. The molecule has 0 aliphatic carbocycles. The average molecular weight is 610 g/mol. The van der Waals surface area contributed by atoms with Gasteiger partial charge in [0, 0.05) is 17.1 Å². The lowest BCUT2D eigenvalue weighted by atomic mass is 10.0. The number of hydrogen-bond acceptors (Lipinski definition) is 9. The Hall–Kier alpha value is -2.99. The molecule has 2 heterocycles. The van der Waals surface area contributed by atoms with Crippen LogP contribution in [-0.2, 0) is 23.4 Å². The zero-order valence-electron chi connectivity index (χ0n) is 23.2. The molecule has 0 bridgehead atoms. The van der Waals surface area contributed by atoms with Crippen molar-refractivity contribution in [2.24, 2.45) is 0 Å². The molecule has 3 aromatic rings. The molecule has 1 aliphatic heterocycles. The van der Waals surface area contributed by atoms with E-state index >= 15 is 0 Å². The van der Waals surface area contributed by atoms with E-state index in [0.717, 1.165) is 9.95 Å². The molecule has 0 spiro atoms. The van der Waals surface area contributed by atoms with Gasteiger partial charge in [-0.2, -0.15) is 5.09 Å². The van der Waals surface area contributed by atoms with Crippen LogP contribution in [0.2, 0.25) is 0 Å². The molecule has 6 atom stereocenters. The van der Waals surface area contributed by atoms with Crippen LogP contribution in [0.4, 0.5) is 0 Å². The highest BCUT2D eigenvalue weighted by Gasteiger charge is 2.54. The number of aliphatic hydroxyl groups excluding tert-OH is 1. The summed E-state index contributed by atoms with van der Waals surface area (Å²) in [6.45, 7) is 7.28. The quantitative estimate of drug-likeness (QED) is 0.177. The Morgan fingerprint density at radius 1 is 1.22 bits per heavy atom. The lowest BCUT2D eigenvalue weighted by Gasteiger charge is -2.27. The average Bonchev–Trinajstić information content (AvgIpc) is 3.13. The number of rotatable bonds is 10. The maximum absolute atomic E-state index is 14.1. The second-order valence-corrected chi connectivity index (χ2v) is 12.8. The number of nitrogens with one attached hydrogen (secondary N) is 2. The number of aromatic nitrogens is 2. The molecular formula is C27H33ClN3O9P. The van der Waals surface area contributed by atoms with Crippen molar-refractivity contribution < 1.29 is 33.0 Å². The summed E-state index contributed by atoms with van der Waals surface area (Å²) >= 11 is 6.64. The van der Waals surface area contributed by atoms with Crippen LogP contribution < -0.4 is 20.9 Å². The van der Waals surface area contributed by atoms with Crippen molar-refractivity contribution in [1.82, 2.24) is 14.6 Å². The fraction of sp³-hybridized carbons (Fsp3) is 0.444. The van der Waals surface area contributed by atoms with Crippen molar-refractivity contribution in [1.29, 1.82) is 0 Å². The number of ether oxygens (including phenoxy) is 2. The summed E-state index contributed by atoms with van der Waals surface area (Å²) in [5, 5.41) is 15.1. The number of aromatic amines is 1. The summed E-state index contributed by atoms with van der Waals surface area (Å²) in [5.74, 6) is -0.449. The molecule has 12 nitrogen and oxygen atoms in total. The minimum absolute atomic E-state index is 0.228. The van der Waals surface area contributed by atoms with Gasteiger partial charge in [-0.25, -0.2) is 9.36 Å². The number of carbonyl (C=O) groups is 1. The molecule has 1 unspecified atom stereocenters. The van der Waals surface area contributed by atoms with E-state index in [1.807, 2.05) is 18.2 Å². The highest BCUT2D eigenvalue weighted by molar-refractivity contribution is 7.52. The first-order chi connectivity index (χ1) is 19.2. The first-order valence-corrected chi connectivity index (χ1v) is 14.9. The van der Waals surface area contributed by atoms with Gasteiger partial charge in [0.1, 0.15) is 28.9 Å². The molecule has 0 saturated carbocycles. The summed E-state index contributed by atoms with van der Waals surface area (Å²) in [4.78, 5) is 37.5. The third-order valence-electron chi connectivity index (χ3n) is 6.55. The predicted octanol–water partition coefficient (Wildman–Crippen LogP) is 3.39. The molecule has 1 aliphatic rings. The number of nitrogens with zero attached hydrogens (tertiary/aromatic N) is 1. The van der Waals surface area contributed by atoms with E-state index in [0.29, 0.717) is 5.39 Å². The number of halogens is 1. The number of carbonyl (C=O) groups excluding carboxylic acids is 1. The SMILES string of the molecule is Cc1cn([C@@H]2O[C@H](COP(=O)(N[C@H](C)C(=O)OC(C)C)Oc3cccc4ccccc34)[C@@H](O)[C@@]2(C)Cl)c(=O)[nH]c1=O. The van der Waals surface area contributed by atoms with Crippen LogP contribution in [0.1, 0.15) is 39.5 Å². The number of alkyl halides is 1. The van der Waals surface area contributed by atoms with E-state index in [-0.39, 0.29) is 11.3 Å². The summed E-state index contributed by atoms with van der Waals surface area (Å²) in [6.07, 6.45) is -2.91. The maximum atomic E-state index is 14.1. The largest absolute Gasteiger partial charge is 0.462 e. The molecule has 3 N–H and O–H groups in total. The summed E-state index contributed by atoms with van der Waals surface area (Å²) in [6, 6.07) is 11.4. The summed E-state index contributed by atoms with van der Waals surface area (Å²) in [7, 11) is -4.34. The van der Waals surface area contributed by atoms with E-state index < -0.39 is 67.0 Å². The van der Waals surface area contributed by atoms with Crippen LogP contribution >= 0.6 is 19.3 Å². The predicted molar refractivity (Wildman–Crippen MR) is 152 cm³/mol. The monoisotopic (exact) mass is 609 g/mol.